The summed E-state index contributed by atoms with van der Waals surface area (Å²) in [7, 11) is 0. The minimum atomic E-state index is 0. The van der Waals surface area contributed by atoms with E-state index in [-0.39, 0.29) is 24.0 Å². The van der Waals surface area contributed by atoms with Crippen LogP contribution in [-0.4, -0.2) is 69.3 Å². The molecule has 28 heavy (non-hydrogen) atoms. The van der Waals surface area contributed by atoms with E-state index < -0.39 is 0 Å². The van der Waals surface area contributed by atoms with E-state index in [0.29, 0.717) is 5.92 Å². The van der Waals surface area contributed by atoms with Crippen molar-refractivity contribution < 1.29 is 0 Å². The molecule has 1 fully saturated rings. The molecular weight excluding hydrogens is 487 g/mol. The van der Waals surface area contributed by atoms with Crippen molar-refractivity contribution in [1.29, 1.82) is 0 Å². The number of halogens is 1. The summed E-state index contributed by atoms with van der Waals surface area (Å²) in [5.74, 6) is 2.39. The highest BCUT2D eigenvalue weighted by Crippen LogP contribution is 2.19. The van der Waals surface area contributed by atoms with E-state index in [1.807, 2.05) is 23.1 Å². The number of aliphatic imine (C=N–C) groups is 1. The van der Waals surface area contributed by atoms with Gasteiger partial charge in [0.2, 0.25) is 5.13 Å². The minimum Gasteiger partial charge on any atom is -0.357 e. The number of guanidine groups is 1. The highest BCUT2D eigenvalue weighted by molar-refractivity contribution is 14.0. The third-order valence-corrected chi connectivity index (χ3v) is 5.38. The Morgan fingerprint density at radius 3 is 2.68 bits per heavy atom. The first-order chi connectivity index (χ1) is 13.2. The topological polar surface area (TPSA) is 74.5 Å². The molecule has 1 aliphatic heterocycles. The van der Waals surface area contributed by atoms with Gasteiger partial charge in [-0.2, -0.15) is 9.47 Å². The Labute approximate surface area is 188 Å². The van der Waals surface area contributed by atoms with E-state index in [2.05, 4.69) is 50.3 Å². The number of hydrogen-bond donors (Lipinski definition) is 1. The molecule has 0 aliphatic carbocycles. The average Bonchev–Trinajstić information content (AvgIpc) is 3.37. The van der Waals surface area contributed by atoms with Crippen molar-refractivity contribution in [2.45, 2.75) is 33.7 Å². The van der Waals surface area contributed by atoms with Crippen LogP contribution in [-0.2, 0) is 13.0 Å². The number of aryl methyl sites for hydroxylation is 1. The van der Waals surface area contributed by atoms with Gasteiger partial charge in [0.05, 0.1) is 0 Å². The summed E-state index contributed by atoms with van der Waals surface area (Å²) in [5.41, 5.74) is 0. The van der Waals surface area contributed by atoms with Gasteiger partial charge in [0.1, 0.15) is 5.82 Å². The lowest BCUT2D eigenvalue weighted by Gasteiger charge is -2.36. The van der Waals surface area contributed by atoms with Crippen molar-refractivity contribution in [1.82, 2.24) is 29.4 Å². The molecule has 156 valence electrons. The molecule has 2 aromatic heterocycles. The maximum Gasteiger partial charge on any atom is 0.205 e. The van der Waals surface area contributed by atoms with E-state index in [0.717, 1.165) is 69.1 Å². The maximum atomic E-state index is 4.88. The van der Waals surface area contributed by atoms with Crippen LogP contribution in [0.3, 0.4) is 0 Å². The lowest BCUT2D eigenvalue weighted by atomic mass is 10.2. The summed E-state index contributed by atoms with van der Waals surface area (Å²) in [4.78, 5) is 14.2. The van der Waals surface area contributed by atoms with Gasteiger partial charge in [0.15, 0.2) is 5.96 Å². The second kappa shape index (κ2) is 11.5. The van der Waals surface area contributed by atoms with Crippen molar-refractivity contribution in [3.63, 3.8) is 0 Å². The van der Waals surface area contributed by atoms with E-state index >= 15 is 0 Å². The van der Waals surface area contributed by atoms with Crippen molar-refractivity contribution in [3.05, 3.63) is 24.3 Å². The molecule has 1 saturated heterocycles. The van der Waals surface area contributed by atoms with E-state index in [9.17, 15) is 0 Å². The van der Waals surface area contributed by atoms with E-state index in [1.54, 1.807) is 0 Å². The molecule has 0 spiro atoms. The number of piperazine rings is 1. The van der Waals surface area contributed by atoms with Crippen LogP contribution in [0.25, 0.3) is 0 Å². The molecule has 0 aromatic carbocycles. The third-order valence-electron chi connectivity index (χ3n) is 4.57. The summed E-state index contributed by atoms with van der Waals surface area (Å²) < 4.78 is 6.38. The van der Waals surface area contributed by atoms with Crippen LogP contribution < -0.4 is 10.2 Å². The molecule has 10 heteroatoms. The lowest BCUT2D eigenvalue weighted by molar-refractivity contribution is 0.369. The van der Waals surface area contributed by atoms with Gasteiger partial charge in [-0.05, 0) is 18.9 Å². The Morgan fingerprint density at radius 2 is 2.07 bits per heavy atom. The van der Waals surface area contributed by atoms with Gasteiger partial charge in [-0.25, -0.2) is 4.98 Å². The molecule has 1 atom stereocenters. The van der Waals surface area contributed by atoms with Gasteiger partial charge in [-0.3, -0.25) is 9.67 Å². The molecule has 3 rings (SSSR count). The molecule has 1 unspecified atom stereocenters. The SMILES string of the molecule is CCNC(=NCC(C)Cn1cccn1)N1CCN(c2nc(CC)ns2)CC1.I. The van der Waals surface area contributed by atoms with Crippen molar-refractivity contribution in [2.75, 3.05) is 44.2 Å². The Morgan fingerprint density at radius 1 is 1.29 bits per heavy atom. The highest BCUT2D eigenvalue weighted by Gasteiger charge is 2.22. The van der Waals surface area contributed by atoms with E-state index in [4.69, 9.17) is 4.99 Å². The molecule has 8 nitrogen and oxygen atoms in total. The quantitative estimate of drug-likeness (QED) is 0.345. The Bertz CT molecular complexity index is 709. The standard InChI is InChI=1S/C18H30N8S.HI/c1-4-16-22-18(27-23-16)25-11-9-24(10-12-25)17(19-5-2)20-13-15(3)14-26-8-6-7-21-26;/h6-8,15H,4-5,9-14H2,1-3H3,(H,19,20);1H. The lowest BCUT2D eigenvalue weighted by Crippen LogP contribution is -2.52. The zero-order valence-corrected chi connectivity index (χ0v) is 20.1. The van der Waals surface area contributed by atoms with Crippen LogP contribution in [0.2, 0.25) is 0 Å². The average molecular weight is 518 g/mol. The van der Waals surface area contributed by atoms with Crippen LogP contribution in [0.1, 0.15) is 26.6 Å². The van der Waals surface area contributed by atoms with Gasteiger partial charge >= 0.3 is 0 Å². The summed E-state index contributed by atoms with van der Waals surface area (Å²) in [6.45, 7) is 12.8. The minimum absolute atomic E-state index is 0. The van der Waals surface area contributed by atoms with Gasteiger partial charge in [-0.1, -0.05) is 13.8 Å². The number of hydrogen-bond acceptors (Lipinski definition) is 6. The number of nitrogens with one attached hydrogen (secondary N) is 1. The fourth-order valence-corrected chi connectivity index (χ4v) is 3.88. The maximum absolute atomic E-state index is 4.88. The molecule has 1 N–H and O–H groups in total. The molecule has 0 bridgehead atoms. The Kier molecular flexibility index (Phi) is 9.42. The van der Waals surface area contributed by atoms with Crippen LogP contribution in [0.4, 0.5) is 5.13 Å². The molecule has 0 radical (unpaired) electrons. The molecule has 2 aromatic rings. The molecular formula is C18H31IN8S. The zero-order chi connectivity index (χ0) is 19.1. The number of aromatic nitrogens is 4. The fraction of sp³-hybridized carbons (Fsp3) is 0.667. The fourth-order valence-electron chi connectivity index (χ4n) is 3.08. The first kappa shape index (κ1) is 22.9. The monoisotopic (exact) mass is 518 g/mol. The Hall–Kier alpha value is -1.43. The summed E-state index contributed by atoms with van der Waals surface area (Å²) in [6.07, 6.45) is 4.72. The normalized spacial score (nSPS) is 16.0. The predicted molar refractivity (Wildman–Crippen MR) is 126 cm³/mol. The molecule has 0 amide bonds. The largest absolute Gasteiger partial charge is 0.357 e. The Balaban J connectivity index is 0.00000280. The van der Waals surface area contributed by atoms with Gasteiger partial charge in [0.25, 0.3) is 0 Å². The zero-order valence-electron chi connectivity index (χ0n) is 16.9. The van der Waals surface area contributed by atoms with Crippen LogP contribution in [0.15, 0.2) is 23.5 Å². The first-order valence-corrected chi connectivity index (χ1v) is 10.5. The van der Waals surface area contributed by atoms with Gasteiger partial charge < -0.3 is 15.1 Å². The van der Waals surface area contributed by atoms with Crippen LogP contribution >= 0.6 is 35.5 Å². The van der Waals surface area contributed by atoms with E-state index in [1.165, 1.54) is 11.5 Å². The number of anilines is 1. The highest BCUT2D eigenvalue weighted by atomic mass is 127. The molecule has 0 saturated carbocycles. The number of rotatable bonds is 7. The van der Waals surface area contributed by atoms with Gasteiger partial charge in [-0.15, -0.1) is 24.0 Å². The van der Waals surface area contributed by atoms with Crippen molar-refractivity contribution >= 4 is 46.6 Å². The number of nitrogens with zero attached hydrogens (tertiary/aromatic N) is 7. The van der Waals surface area contributed by atoms with Gasteiger partial charge in [0, 0.05) is 76.2 Å². The third kappa shape index (κ3) is 6.29. The summed E-state index contributed by atoms with van der Waals surface area (Å²) >= 11 is 1.51. The first-order valence-electron chi connectivity index (χ1n) is 9.77. The summed E-state index contributed by atoms with van der Waals surface area (Å²) in [6, 6.07) is 1.96. The smallest absolute Gasteiger partial charge is 0.205 e. The second-order valence-corrected chi connectivity index (χ2v) is 7.58. The second-order valence-electron chi connectivity index (χ2n) is 6.85. The van der Waals surface area contributed by atoms with Crippen molar-refractivity contribution in [2.24, 2.45) is 10.9 Å². The van der Waals surface area contributed by atoms with Crippen molar-refractivity contribution in [3.8, 4) is 0 Å². The summed E-state index contributed by atoms with van der Waals surface area (Å²) in [5, 5.41) is 8.77. The molecule has 1 aliphatic rings. The predicted octanol–water partition coefficient (Wildman–Crippen LogP) is 2.34. The van der Waals surface area contributed by atoms with Crippen LogP contribution in [0.5, 0.6) is 0 Å². The van der Waals surface area contributed by atoms with Crippen LogP contribution in [0, 0.1) is 5.92 Å². The molecule has 3 heterocycles.